The number of pyridine rings is 1. The van der Waals surface area contributed by atoms with Gasteiger partial charge in [-0.15, -0.1) is 0 Å². The van der Waals surface area contributed by atoms with Crippen LogP contribution in [0.3, 0.4) is 0 Å². The topological polar surface area (TPSA) is 95.5 Å². The molecule has 0 N–H and O–H groups in total. The Balaban J connectivity index is 1.80. The van der Waals surface area contributed by atoms with Gasteiger partial charge < -0.3 is 9.15 Å². The Hall–Kier alpha value is -4.00. The van der Waals surface area contributed by atoms with Crippen molar-refractivity contribution in [3.63, 3.8) is 0 Å². The molecule has 0 aliphatic rings. The van der Waals surface area contributed by atoms with Crippen molar-refractivity contribution in [2.75, 3.05) is 0 Å². The summed E-state index contributed by atoms with van der Waals surface area (Å²) in [5.74, 6) is 0.140. The smallest absolute Gasteiger partial charge is 0.336 e. The first-order valence-electron chi connectivity index (χ1n) is 8.02. The summed E-state index contributed by atoms with van der Waals surface area (Å²) in [5, 5.41) is 11.8. The Labute approximate surface area is 152 Å². The first-order valence-corrected chi connectivity index (χ1v) is 8.02. The molecule has 2 heterocycles. The number of aromatic nitrogens is 1. The minimum atomic E-state index is -0.572. The van der Waals surface area contributed by atoms with Crippen molar-refractivity contribution in [3.05, 3.63) is 93.5 Å². The van der Waals surface area contributed by atoms with E-state index in [0.29, 0.717) is 5.58 Å². The molecule has 0 bridgehead atoms. The van der Waals surface area contributed by atoms with Gasteiger partial charge in [0.15, 0.2) is 0 Å². The number of hydrogen-bond donors (Lipinski definition) is 0. The first kappa shape index (κ1) is 16.5. The molecule has 7 nitrogen and oxygen atoms in total. The number of nitrogens with zero attached hydrogens (tertiary/aromatic N) is 2. The van der Waals surface area contributed by atoms with Crippen LogP contribution < -0.4 is 10.4 Å². The van der Waals surface area contributed by atoms with Crippen molar-refractivity contribution >= 4 is 16.7 Å². The van der Waals surface area contributed by atoms with Crippen molar-refractivity contribution in [3.8, 4) is 22.8 Å². The molecule has 0 spiro atoms. The van der Waals surface area contributed by atoms with E-state index in [1.807, 2.05) is 30.3 Å². The van der Waals surface area contributed by atoms with E-state index in [-0.39, 0.29) is 17.3 Å². The predicted molar refractivity (Wildman–Crippen MR) is 98.9 cm³/mol. The van der Waals surface area contributed by atoms with Gasteiger partial charge in [-0.2, -0.15) is 0 Å². The van der Waals surface area contributed by atoms with Gasteiger partial charge in [-0.25, -0.2) is 9.78 Å². The average molecular weight is 360 g/mol. The van der Waals surface area contributed by atoms with Crippen molar-refractivity contribution in [1.82, 2.24) is 4.98 Å². The molecule has 4 rings (SSSR count). The molecule has 132 valence electrons. The van der Waals surface area contributed by atoms with Gasteiger partial charge in [0.2, 0.25) is 0 Å². The molecule has 0 fully saturated rings. The molecule has 0 unspecified atom stereocenters. The van der Waals surface area contributed by atoms with Gasteiger partial charge in [0, 0.05) is 29.8 Å². The quantitative estimate of drug-likeness (QED) is 0.301. The fraction of sp³-hybridized carbons (Fsp3) is 0. The second kappa shape index (κ2) is 6.72. The Morgan fingerprint density at radius 1 is 1.00 bits per heavy atom. The molecule has 0 saturated carbocycles. The molecule has 7 heteroatoms. The minimum Gasteiger partial charge on any atom is -0.434 e. The van der Waals surface area contributed by atoms with E-state index >= 15 is 0 Å². The zero-order chi connectivity index (χ0) is 18.8. The molecular formula is C20H12N2O5. The molecule has 2 aromatic carbocycles. The van der Waals surface area contributed by atoms with Crippen LogP contribution in [0.15, 0.2) is 82.1 Å². The summed E-state index contributed by atoms with van der Waals surface area (Å²) in [7, 11) is 0. The summed E-state index contributed by atoms with van der Waals surface area (Å²) in [6.07, 6.45) is 1.40. The standard InChI is InChI=1S/C20H12N2O5/c23-19-12-16(13-5-2-1-3-6-13)15-9-8-14(11-18(15)27-19)26-20-17(22(24)25)7-4-10-21-20/h1-12H. The van der Waals surface area contributed by atoms with E-state index in [9.17, 15) is 14.9 Å². The van der Waals surface area contributed by atoms with Crippen molar-refractivity contribution in [1.29, 1.82) is 0 Å². The summed E-state index contributed by atoms with van der Waals surface area (Å²) in [5.41, 5.74) is 1.18. The lowest BCUT2D eigenvalue weighted by molar-refractivity contribution is -0.386. The summed E-state index contributed by atoms with van der Waals surface area (Å²) < 4.78 is 10.8. The maximum atomic E-state index is 12.0. The molecule has 0 saturated heterocycles. The van der Waals surface area contributed by atoms with Crippen LogP contribution in [0, 0.1) is 10.1 Å². The summed E-state index contributed by atoms with van der Waals surface area (Å²) in [6, 6.07) is 18.5. The SMILES string of the molecule is O=c1cc(-c2ccccc2)c2ccc(Oc3ncccc3[N+](=O)[O-])cc2o1. The minimum absolute atomic E-state index is 0.136. The van der Waals surface area contributed by atoms with E-state index in [1.54, 1.807) is 12.1 Å². The highest BCUT2D eigenvalue weighted by Crippen LogP contribution is 2.33. The van der Waals surface area contributed by atoms with Gasteiger partial charge in [-0.05, 0) is 29.3 Å². The Morgan fingerprint density at radius 2 is 1.81 bits per heavy atom. The number of hydrogen-bond acceptors (Lipinski definition) is 6. The van der Waals surface area contributed by atoms with Gasteiger partial charge in [0.25, 0.3) is 5.88 Å². The lowest BCUT2D eigenvalue weighted by Gasteiger charge is -2.08. The van der Waals surface area contributed by atoms with Crippen LogP contribution >= 0.6 is 0 Å². The van der Waals surface area contributed by atoms with Gasteiger partial charge in [-0.1, -0.05) is 30.3 Å². The zero-order valence-electron chi connectivity index (χ0n) is 13.9. The first-order chi connectivity index (χ1) is 13.1. The third-order valence-electron chi connectivity index (χ3n) is 3.96. The van der Waals surface area contributed by atoms with Crippen molar-refractivity contribution in [2.45, 2.75) is 0 Å². The third kappa shape index (κ3) is 3.25. The Morgan fingerprint density at radius 3 is 2.59 bits per heavy atom. The van der Waals surface area contributed by atoms with Crippen molar-refractivity contribution in [2.24, 2.45) is 0 Å². The molecular weight excluding hydrogens is 348 g/mol. The second-order valence-electron chi connectivity index (χ2n) is 5.69. The normalized spacial score (nSPS) is 10.7. The van der Waals surface area contributed by atoms with E-state index in [1.165, 1.54) is 30.5 Å². The summed E-state index contributed by atoms with van der Waals surface area (Å²) in [6.45, 7) is 0. The number of nitro groups is 1. The highest BCUT2D eigenvalue weighted by atomic mass is 16.6. The van der Waals surface area contributed by atoms with Gasteiger partial charge in [0.05, 0.1) is 4.92 Å². The van der Waals surface area contributed by atoms with E-state index in [0.717, 1.165) is 16.5 Å². The number of benzene rings is 2. The molecule has 0 amide bonds. The number of fused-ring (bicyclic) bond motifs is 1. The molecule has 0 atom stereocenters. The fourth-order valence-corrected chi connectivity index (χ4v) is 2.77. The Bertz CT molecular complexity index is 1200. The average Bonchev–Trinajstić information content (AvgIpc) is 2.68. The fourth-order valence-electron chi connectivity index (χ4n) is 2.77. The highest BCUT2D eigenvalue weighted by molar-refractivity contribution is 5.93. The summed E-state index contributed by atoms with van der Waals surface area (Å²) >= 11 is 0. The number of rotatable bonds is 4. The molecule has 0 radical (unpaired) electrons. The van der Waals surface area contributed by atoms with Crippen LogP contribution in [0.5, 0.6) is 11.6 Å². The second-order valence-corrected chi connectivity index (χ2v) is 5.69. The van der Waals surface area contributed by atoms with E-state index in [2.05, 4.69) is 4.98 Å². The van der Waals surface area contributed by atoms with Crippen LogP contribution in [0.1, 0.15) is 0 Å². The van der Waals surface area contributed by atoms with E-state index in [4.69, 9.17) is 9.15 Å². The maximum Gasteiger partial charge on any atom is 0.336 e. The maximum absolute atomic E-state index is 12.0. The molecule has 2 aromatic heterocycles. The lowest BCUT2D eigenvalue weighted by atomic mass is 10.0. The van der Waals surface area contributed by atoms with E-state index < -0.39 is 10.5 Å². The van der Waals surface area contributed by atoms with Gasteiger partial charge in [-0.3, -0.25) is 10.1 Å². The van der Waals surface area contributed by atoms with Crippen molar-refractivity contribution < 1.29 is 14.1 Å². The predicted octanol–water partition coefficient (Wildman–Crippen LogP) is 4.56. The summed E-state index contributed by atoms with van der Waals surface area (Å²) in [4.78, 5) is 26.4. The highest BCUT2D eigenvalue weighted by Gasteiger charge is 2.17. The van der Waals surface area contributed by atoms with Crippen LogP contribution in [-0.2, 0) is 0 Å². The van der Waals surface area contributed by atoms with Crippen LogP contribution in [0.25, 0.3) is 22.1 Å². The molecule has 27 heavy (non-hydrogen) atoms. The number of ether oxygens (including phenoxy) is 1. The van der Waals surface area contributed by atoms with Gasteiger partial charge in [0.1, 0.15) is 11.3 Å². The Kier molecular flexibility index (Phi) is 4.10. The largest absolute Gasteiger partial charge is 0.434 e. The monoisotopic (exact) mass is 360 g/mol. The molecule has 0 aliphatic carbocycles. The lowest BCUT2D eigenvalue weighted by Crippen LogP contribution is -1.99. The van der Waals surface area contributed by atoms with Crippen LogP contribution in [0.4, 0.5) is 5.69 Å². The third-order valence-corrected chi connectivity index (χ3v) is 3.96. The van der Waals surface area contributed by atoms with Crippen LogP contribution in [0.2, 0.25) is 0 Å². The molecule has 4 aromatic rings. The molecule has 0 aliphatic heterocycles. The zero-order valence-corrected chi connectivity index (χ0v) is 13.9. The van der Waals surface area contributed by atoms with Crippen LogP contribution in [-0.4, -0.2) is 9.91 Å². The van der Waals surface area contributed by atoms with Gasteiger partial charge >= 0.3 is 11.3 Å².